The monoisotopic (exact) mass is 284 g/mol. The molecular formula is C13H17ClN2O3. The zero-order valence-corrected chi connectivity index (χ0v) is 11.9. The Labute approximate surface area is 117 Å². The molecule has 1 rings (SSSR count). The number of benzene rings is 1. The van der Waals surface area contributed by atoms with Crippen molar-refractivity contribution in [2.45, 2.75) is 6.92 Å². The van der Waals surface area contributed by atoms with Crippen LogP contribution in [0.4, 0.5) is 5.69 Å². The van der Waals surface area contributed by atoms with E-state index in [0.29, 0.717) is 12.2 Å². The van der Waals surface area contributed by atoms with Crippen molar-refractivity contribution in [2.75, 3.05) is 26.0 Å². The summed E-state index contributed by atoms with van der Waals surface area (Å²) in [6.07, 6.45) is 0. The maximum atomic E-state index is 11.8. The van der Waals surface area contributed by atoms with Crippen molar-refractivity contribution in [1.29, 1.82) is 0 Å². The number of esters is 1. The number of rotatable bonds is 5. The van der Waals surface area contributed by atoms with E-state index in [1.807, 2.05) is 6.92 Å². The molecule has 1 atom stereocenters. The van der Waals surface area contributed by atoms with Gasteiger partial charge < -0.3 is 15.4 Å². The molecule has 1 unspecified atom stereocenters. The third-order valence-corrected chi connectivity index (χ3v) is 2.91. The number of halogens is 1. The van der Waals surface area contributed by atoms with Crippen LogP contribution >= 0.6 is 11.6 Å². The van der Waals surface area contributed by atoms with E-state index in [4.69, 9.17) is 11.6 Å². The second-order valence-corrected chi connectivity index (χ2v) is 4.54. The van der Waals surface area contributed by atoms with Crippen LogP contribution in [0.25, 0.3) is 0 Å². The minimum Gasteiger partial charge on any atom is -0.465 e. The maximum Gasteiger partial charge on any atom is 0.339 e. The van der Waals surface area contributed by atoms with Gasteiger partial charge in [0.15, 0.2) is 0 Å². The van der Waals surface area contributed by atoms with Gasteiger partial charge in [-0.25, -0.2) is 4.79 Å². The number of carbonyl (C=O) groups is 2. The normalized spacial score (nSPS) is 11.8. The van der Waals surface area contributed by atoms with Gasteiger partial charge in [-0.15, -0.1) is 0 Å². The highest BCUT2D eigenvalue weighted by molar-refractivity contribution is 6.34. The molecule has 1 aromatic carbocycles. The minimum absolute atomic E-state index is 0.115. The number of nitrogens with one attached hydrogen (secondary N) is 2. The molecule has 5 nitrogen and oxygen atoms in total. The van der Waals surface area contributed by atoms with Gasteiger partial charge in [-0.05, 0) is 25.2 Å². The average Bonchev–Trinajstić information content (AvgIpc) is 2.38. The van der Waals surface area contributed by atoms with Gasteiger partial charge in [0, 0.05) is 18.2 Å². The third-order valence-electron chi connectivity index (χ3n) is 2.60. The molecule has 0 fully saturated rings. The smallest absolute Gasteiger partial charge is 0.339 e. The summed E-state index contributed by atoms with van der Waals surface area (Å²) in [4.78, 5) is 23.2. The Bertz CT molecular complexity index is 477. The summed E-state index contributed by atoms with van der Waals surface area (Å²) in [5.41, 5.74) is 0.816. The van der Waals surface area contributed by atoms with Gasteiger partial charge in [0.25, 0.3) is 0 Å². The van der Waals surface area contributed by atoms with Gasteiger partial charge in [-0.3, -0.25) is 4.79 Å². The molecule has 0 radical (unpaired) electrons. The first-order valence-electron chi connectivity index (χ1n) is 5.83. The quantitative estimate of drug-likeness (QED) is 0.811. The van der Waals surface area contributed by atoms with Crippen LogP contribution in [0.1, 0.15) is 17.3 Å². The fraction of sp³-hybridized carbons (Fsp3) is 0.385. The predicted octanol–water partition coefficient (Wildman–Crippen LogP) is 1.92. The zero-order valence-electron chi connectivity index (χ0n) is 11.1. The number of hydrogen-bond donors (Lipinski definition) is 2. The van der Waals surface area contributed by atoms with E-state index in [1.165, 1.54) is 19.2 Å². The van der Waals surface area contributed by atoms with Crippen molar-refractivity contribution in [3.05, 3.63) is 28.8 Å². The Morgan fingerprint density at radius 1 is 1.42 bits per heavy atom. The largest absolute Gasteiger partial charge is 0.465 e. The molecule has 0 aliphatic heterocycles. The second-order valence-electron chi connectivity index (χ2n) is 4.13. The van der Waals surface area contributed by atoms with Crippen molar-refractivity contribution in [1.82, 2.24) is 5.32 Å². The molecule has 0 heterocycles. The van der Waals surface area contributed by atoms with Crippen LogP contribution < -0.4 is 10.6 Å². The lowest BCUT2D eigenvalue weighted by molar-refractivity contribution is -0.119. The number of amides is 1. The van der Waals surface area contributed by atoms with Crippen LogP contribution in [-0.4, -0.2) is 32.6 Å². The van der Waals surface area contributed by atoms with Crippen molar-refractivity contribution < 1.29 is 14.3 Å². The number of hydrogen-bond acceptors (Lipinski definition) is 4. The number of anilines is 1. The van der Waals surface area contributed by atoms with Crippen molar-refractivity contribution in [3.63, 3.8) is 0 Å². The Kier molecular flexibility index (Phi) is 5.79. The first kappa shape index (κ1) is 15.5. The minimum atomic E-state index is -0.508. The summed E-state index contributed by atoms with van der Waals surface area (Å²) >= 11 is 5.96. The van der Waals surface area contributed by atoms with Crippen LogP contribution in [0.3, 0.4) is 0 Å². The van der Waals surface area contributed by atoms with Crippen LogP contribution in [-0.2, 0) is 9.53 Å². The molecule has 6 heteroatoms. The molecule has 0 saturated carbocycles. The highest BCUT2D eigenvalue weighted by Gasteiger charge is 2.14. The van der Waals surface area contributed by atoms with Gasteiger partial charge in [0.05, 0.1) is 17.7 Å². The topological polar surface area (TPSA) is 67.4 Å². The van der Waals surface area contributed by atoms with Crippen LogP contribution in [0.5, 0.6) is 0 Å². The molecule has 19 heavy (non-hydrogen) atoms. The molecular weight excluding hydrogens is 268 g/mol. The Morgan fingerprint density at radius 3 is 2.63 bits per heavy atom. The van der Waals surface area contributed by atoms with Gasteiger partial charge in [-0.1, -0.05) is 18.5 Å². The number of methoxy groups -OCH3 is 1. The van der Waals surface area contributed by atoms with Gasteiger partial charge >= 0.3 is 5.97 Å². The molecule has 104 valence electrons. The second kappa shape index (κ2) is 7.11. The maximum absolute atomic E-state index is 11.8. The molecule has 0 aliphatic carbocycles. The number of carbonyl (C=O) groups excluding carboxylic acids is 2. The summed E-state index contributed by atoms with van der Waals surface area (Å²) in [5.74, 6) is -0.785. The fourth-order valence-corrected chi connectivity index (χ4v) is 1.79. The lowest BCUT2D eigenvalue weighted by Gasteiger charge is -2.12. The highest BCUT2D eigenvalue weighted by atomic mass is 35.5. The first-order chi connectivity index (χ1) is 8.99. The van der Waals surface area contributed by atoms with E-state index in [1.54, 1.807) is 13.1 Å². The Balaban J connectivity index is 2.79. The average molecular weight is 285 g/mol. The molecule has 0 bridgehead atoms. The van der Waals surface area contributed by atoms with Crippen LogP contribution in [0.15, 0.2) is 18.2 Å². The standard InChI is InChI=1S/C13H17ClN2O3/c1-8(7-15-2)12(17)16-9-4-5-10(11(14)6-9)13(18)19-3/h4-6,8,15H,7H2,1-3H3,(H,16,17). The van der Waals surface area contributed by atoms with Crippen molar-refractivity contribution in [2.24, 2.45) is 5.92 Å². The van der Waals surface area contributed by atoms with E-state index in [-0.39, 0.29) is 22.4 Å². The molecule has 0 aromatic heterocycles. The predicted molar refractivity (Wildman–Crippen MR) is 74.5 cm³/mol. The van der Waals surface area contributed by atoms with E-state index >= 15 is 0 Å². The van der Waals surface area contributed by atoms with Crippen molar-refractivity contribution in [3.8, 4) is 0 Å². The molecule has 0 aliphatic rings. The van der Waals surface area contributed by atoms with E-state index in [0.717, 1.165) is 0 Å². The lowest BCUT2D eigenvalue weighted by Crippen LogP contribution is -2.28. The molecule has 0 saturated heterocycles. The number of ether oxygens (including phenoxy) is 1. The summed E-state index contributed by atoms with van der Waals surface area (Å²) in [5, 5.41) is 5.91. The van der Waals surface area contributed by atoms with Crippen LogP contribution in [0, 0.1) is 5.92 Å². The third kappa shape index (κ3) is 4.22. The highest BCUT2D eigenvalue weighted by Crippen LogP contribution is 2.22. The zero-order chi connectivity index (χ0) is 14.4. The van der Waals surface area contributed by atoms with Crippen molar-refractivity contribution >= 4 is 29.2 Å². The van der Waals surface area contributed by atoms with Gasteiger partial charge in [0.2, 0.25) is 5.91 Å². The van der Waals surface area contributed by atoms with E-state index in [9.17, 15) is 9.59 Å². The molecule has 1 aromatic rings. The summed E-state index contributed by atoms with van der Waals surface area (Å²) < 4.78 is 4.59. The van der Waals surface area contributed by atoms with E-state index < -0.39 is 5.97 Å². The molecule has 1 amide bonds. The summed E-state index contributed by atoms with van der Waals surface area (Å²) in [6, 6.07) is 4.66. The summed E-state index contributed by atoms with van der Waals surface area (Å²) in [6.45, 7) is 2.40. The molecule has 2 N–H and O–H groups in total. The van der Waals surface area contributed by atoms with Gasteiger partial charge in [-0.2, -0.15) is 0 Å². The van der Waals surface area contributed by atoms with Gasteiger partial charge in [0.1, 0.15) is 0 Å². The SMILES string of the molecule is CNCC(C)C(=O)Nc1ccc(C(=O)OC)c(Cl)c1. The first-order valence-corrected chi connectivity index (χ1v) is 6.20. The van der Waals surface area contributed by atoms with E-state index in [2.05, 4.69) is 15.4 Å². The Hall–Kier alpha value is -1.59. The Morgan fingerprint density at radius 2 is 2.11 bits per heavy atom. The fourth-order valence-electron chi connectivity index (χ4n) is 1.53. The van der Waals surface area contributed by atoms with Crippen LogP contribution in [0.2, 0.25) is 5.02 Å². The summed E-state index contributed by atoms with van der Waals surface area (Å²) in [7, 11) is 3.07. The lowest BCUT2D eigenvalue weighted by atomic mass is 10.1. The molecule has 0 spiro atoms.